The van der Waals surface area contributed by atoms with E-state index in [1.54, 1.807) is 6.07 Å². The van der Waals surface area contributed by atoms with Crippen molar-refractivity contribution in [2.75, 3.05) is 0 Å². The zero-order valence-electron chi connectivity index (χ0n) is 7.87. The Morgan fingerprint density at radius 2 is 1.94 bits per heavy atom. The summed E-state index contributed by atoms with van der Waals surface area (Å²) in [6, 6.07) is 4.37. The third-order valence-electron chi connectivity index (χ3n) is 1.74. The maximum absolute atomic E-state index is 10.8. The highest BCUT2D eigenvalue weighted by Crippen LogP contribution is 2.33. The lowest BCUT2D eigenvalue weighted by Gasteiger charge is -2.01. The highest BCUT2D eigenvalue weighted by molar-refractivity contribution is 6.37. The van der Waals surface area contributed by atoms with E-state index < -0.39 is 5.91 Å². The number of rotatable bonds is 2. The predicted molar refractivity (Wildman–Crippen MR) is 60.9 cm³/mol. The summed E-state index contributed by atoms with van der Waals surface area (Å²) in [4.78, 5) is 10.8. The number of aromatic hydroxyl groups is 1. The molecule has 4 nitrogen and oxygen atoms in total. The number of phenols is 1. The number of carbonyl (C=O) groups excluding carboxylic acids is 1. The lowest BCUT2D eigenvalue weighted by Crippen LogP contribution is -2.12. The van der Waals surface area contributed by atoms with Crippen molar-refractivity contribution >= 4 is 35.2 Å². The van der Waals surface area contributed by atoms with Gasteiger partial charge in [-0.15, -0.1) is 0 Å². The third kappa shape index (κ3) is 2.66. The van der Waals surface area contributed by atoms with Crippen LogP contribution in [0.4, 0.5) is 0 Å². The molecule has 0 radical (unpaired) electrons. The first-order valence-electron chi connectivity index (χ1n) is 4.05. The number of halogens is 2. The first-order chi connectivity index (χ1) is 7.45. The normalized spacial score (nSPS) is 10.9. The molecule has 0 unspecified atom stereocenters. The van der Waals surface area contributed by atoms with Gasteiger partial charge in [-0.2, -0.15) is 5.26 Å². The molecule has 16 heavy (non-hydrogen) atoms. The molecule has 0 aliphatic carbocycles. The number of nitrogens with zero attached hydrogens (tertiary/aromatic N) is 1. The lowest BCUT2D eigenvalue weighted by molar-refractivity contribution is -0.114. The minimum Gasteiger partial charge on any atom is -0.505 e. The number of primary amides is 1. The second-order valence-corrected chi connectivity index (χ2v) is 3.68. The number of benzene rings is 1. The van der Waals surface area contributed by atoms with Gasteiger partial charge in [0, 0.05) is 0 Å². The van der Waals surface area contributed by atoms with E-state index in [-0.39, 0.29) is 21.4 Å². The van der Waals surface area contributed by atoms with Gasteiger partial charge in [-0.25, -0.2) is 0 Å². The summed E-state index contributed by atoms with van der Waals surface area (Å²) in [5.74, 6) is -1.10. The Balaban J connectivity index is 3.27. The van der Waals surface area contributed by atoms with Crippen LogP contribution >= 0.6 is 23.2 Å². The van der Waals surface area contributed by atoms with Crippen molar-refractivity contribution in [3.63, 3.8) is 0 Å². The number of nitrogens with two attached hydrogens (primary N) is 1. The van der Waals surface area contributed by atoms with Gasteiger partial charge in [-0.3, -0.25) is 4.79 Å². The van der Waals surface area contributed by atoms with Gasteiger partial charge >= 0.3 is 0 Å². The molecule has 0 atom stereocenters. The molecule has 0 aliphatic heterocycles. The first kappa shape index (κ1) is 12.4. The summed E-state index contributed by atoms with van der Waals surface area (Å²) in [6.45, 7) is 0. The van der Waals surface area contributed by atoms with E-state index >= 15 is 0 Å². The maximum Gasteiger partial charge on any atom is 0.259 e. The van der Waals surface area contributed by atoms with Crippen molar-refractivity contribution in [2.45, 2.75) is 0 Å². The van der Waals surface area contributed by atoms with Crippen LogP contribution in [0.5, 0.6) is 5.75 Å². The van der Waals surface area contributed by atoms with Crippen LogP contribution in [0.1, 0.15) is 5.56 Å². The summed E-state index contributed by atoms with van der Waals surface area (Å²) in [5, 5.41) is 18.0. The molecule has 1 aromatic rings. The van der Waals surface area contributed by atoms with Gasteiger partial charge in [0.25, 0.3) is 5.91 Å². The van der Waals surface area contributed by atoms with Crippen molar-refractivity contribution in [1.29, 1.82) is 5.26 Å². The van der Waals surface area contributed by atoms with Gasteiger partial charge in [-0.1, -0.05) is 23.2 Å². The molecule has 1 aromatic carbocycles. The van der Waals surface area contributed by atoms with Gasteiger partial charge in [0.05, 0.1) is 10.0 Å². The second-order valence-electron chi connectivity index (χ2n) is 2.87. The van der Waals surface area contributed by atoms with E-state index in [1.165, 1.54) is 18.2 Å². The Kier molecular flexibility index (Phi) is 3.78. The Labute approximate surface area is 101 Å². The van der Waals surface area contributed by atoms with Gasteiger partial charge in [0.1, 0.15) is 11.6 Å². The van der Waals surface area contributed by atoms with Crippen LogP contribution in [-0.4, -0.2) is 11.0 Å². The van der Waals surface area contributed by atoms with Gasteiger partial charge in [-0.05, 0) is 23.8 Å². The molecular formula is C10H6Cl2N2O2. The Morgan fingerprint density at radius 1 is 1.44 bits per heavy atom. The molecule has 82 valence electrons. The van der Waals surface area contributed by atoms with Crippen LogP contribution in [-0.2, 0) is 4.79 Å². The SMILES string of the molecule is N#C/C(=C/c1cc(Cl)c(O)c(Cl)c1)C(N)=O. The number of amides is 1. The minimum atomic E-state index is -0.845. The van der Waals surface area contributed by atoms with E-state index in [2.05, 4.69) is 0 Å². The fourth-order valence-electron chi connectivity index (χ4n) is 0.994. The average Bonchev–Trinajstić information content (AvgIpc) is 2.21. The van der Waals surface area contributed by atoms with Crippen molar-refractivity contribution in [1.82, 2.24) is 0 Å². The summed E-state index contributed by atoms with van der Waals surface area (Å²) < 4.78 is 0. The second kappa shape index (κ2) is 4.88. The molecule has 0 fully saturated rings. The maximum atomic E-state index is 10.8. The molecule has 0 spiro atoms. The van der Waals surface area contributed by atoms with Crippen LogP contribution in [0.2, 0.25) is 10.0 Å². The van der Waals surface area contributed by atoms with Gasteiger partial charge < -0.3 is 10.8 Å². The summed E-state index contributed by atoms with van der Waals surface area (Å²) >= 11 is 11.3. The molecule has 0 aliphatic rings. The largest absolute Gasteiger partial charge is 0.505 e. The Morgan fingerprint density at radius 3 is 2.31 bits per heavy atom. The summed E-state index contributed by atoms with van der Waals surface area (Å²) in [5.41, 5.74) is 5.14. The molecule has 1 amide bonds. The number of carbonyl (C=O) groups is 1. The molecule has 0 bridgehead atoms. The molecular weight excluding hydrogens is 251 g/mol. The highest BCUT2D eigenvalue weighted by atomic mass is 35.5. The quantitative estimate of drug-likeness (QED) is 0.628. The van der Waals surface area contributed by atoms with Crippen LogP contribution in [0.25, 0.3) is 6.08 Å². The highest BCUT2D eigenvalue weighted by Gasteiger charge is 2.08. The average molecular weight is 257 g/mol. The topological polar surface area (TPSA) is 87.1 Å². The zero-order chi connectivity index (χ0) is 12.3. The molecule has 0 heterocycles. The van der Waals surface area contributed by atoms with E-state index in [1.807, 2.05) is 0 Å². The molecule has 6 heteroatoms. The fourth-order valence-corrected chi connectivity index (χ4v) is 1.50. The van der Waals surface area contributed by atoms with Crippen molar-refractivity contribution in [3.05, 3.63) is 33.3 Å². The molecule has 0 aromatic heterocycles. The predicted octanol–water partition coefficient (Wildman–Crippen LogP) is 2.09. The lowest BCUT2D eigenvalue weighted by atomic mass is 10.1. The number of phenolic OH excluding ortho intramolecular Hbond substituents is 1. The van der Waals surface area contributed by atoms with E-state index in [0.717, 1.165) is 0 Å². The van der Waals surface area contributed by atoms with E-state index in [4.69, 9.17) is 34.2 Å². The smallest absolute Gasteiger partial charge is 0.259 e. The van der Waals surface area contributed by atoms with Crippen molar-refractivity contribution in [3.8, 4) is 11.8 Å². The monoisotopic (exact) mass is 256 g/mol. The van der Waals surface area contributed by atoms with Gasteiger partial charge in [0.15, 0.2) is 5.75 Å². The van der Waals surface area contributed by atoms with Crippen molar-refractivity contribution < 1.29 is 9.90 Å². The van der Waals surface area contributed by atoms with Crippen molar-refractivity contribution in [2.24, 2.45) is 5.73 Å². The molecule has 3 N–H and O–H groups in total. The standard InChI is InChI=1S/C10H6Cl2N2O2/c11-7-2-5(3-8(12)9(7)15)1-6(4-13)10(14)16/h1-3,15H,(H2,14,16)/b6-1-. The van der Waals surface area contributed by atoms with Crippen LogP contribution in [0.15, 0.2) is 17.7 Å². The van der Waals surface area contributed by atoms with Crippen LogP contribution in [0.3, 0.4) is 0 Å². The molecule has 0 saturated carbocycles. The van der Waals surface area contributed by atoms with E-state index in [0.29, 0.717) is 5.56 Å². The van der Waals surface area contributed by atoms with Crippen LogP contribution < -0.4 is 5.73 Å². The summed E-state index contributed by atoms with van der Waals surface area (Å²) in [7, 11) is 0. The van der Waals surface area contributed by atoms with E-state index in [9.17, 15) is 9.90 Å². The minimum absolute atomic E-state index is 0.0283. The van der Waals surface area contributed by atoms with Gasteiger partial charge in [0.2, 0.25) is 0 Å². The van der Waals surface area contributed by atoms with Crippen LogP contribution in [0, 0.1) is 11.3 Å². The number of nitriles is 1. The Hall–Kier alpha value is -1.70. The number of hydrogen-bond donors (Lipinski definition) is 2. The summed E-state index contributed by atoms with van der Waals surface area (Å²) in [6.07, 6.45) is 1.24. The third-order valence-corrected chi connectivity index (χ3v) is 2.31. The number of hydrogen-bond acceptors (Lipinski definition) is 3. The Bertz CT molecular complexity index is 495. The zero-order valence-corrected chi connectivity index (χ0v) is 9.38. The fraction of sp³-hybridized carbons (Fsp3) is 0. The molecule has 1 rings (SSSR count). The first-order valence-corrected chi connectivity index (χ1v) is 4.81. The molecule has 0 saturated heterocycles.